The van der Waals surface area contributed by atoms with Crippen molar-refractivity contribution in [3.63, 3.8) is 0 Å². The number of carbonyl (C=O) groups excluding carboxylic acids is 2. The van der Waals surface area contributed by atoms with Crippen molar-refractivity contribution in [2.75, 3.05) is 5.32 Å². The fourth-order valence-electron chi connectivity index (χ4n) is 1.68. The monoisotopic (exact) mass is 346 g/mol. The maximum atomic E-state index is 13.1. The second-order valence-corrected chi connectivity index (χ2v) is 4.54. The van der Waals surface area contributed by atoms with Crippen LogP contribution < -0.4 is 16.4 Å². The van der Waals surface area contributed by atoms with E-state index >= 15 is 0 Å². The average Bonchev–Trinajstić information content (AvgIpc) is 2.95. The van der Waals surface area contributed by atoms with Crippen molar-refractivity contribution in [1.29, 1.82) is 0 Å². The number of aromatic nitrogens is 1. The molecule has 2 rings (SSSR count). The molecular formula is C13H10F4N4O3. The third-order valence-corrected chi connectivity index (χ3v) is 2.76. The number of nitrogens with zero attached hydrogens (tertiary/aromatic N) is 1. The Bertz CT molecular complexity index is 773. The predicted molar refractivity (Wildman–Crippen MR) is 72.3 cm³/mol. The zero-order chi connectivity index (χ0) is 17.9. The number of anilines is 1. The number of alkyl halides is 3. The van der Waals surface area contributed by atoms with Gasteiger partial charge in [0.05, 0.1) is 12.1 Å². The molecule has 0 atom stereocenters. The van der Waals surface area contributed by atoms with Gasteiger partial charge in [-0.3, -0.25) is 4.79 Å². The van der Waals surface area contributed by atoms with Crippen molar-refractivity contribution in [2.24, 2.45) is 5.73 Å². The van der Waals surface area contributed by atoms with Crippen LogP contribution in [-0.2, 0) is 12.7 Å². The fraction of sp³-hybridized carbons (Fsp3) is 0.154. The summed E-state index contributed by atoms with van der Waals surface area (Å²) in [7, 11) is 0. The van der Waals surface area contributed by atoms with E-state index < -0.39 is 29.5 Å². The smallest absolute Gasteiger partial charge is 0.364 e. The molecule has 0 saturated heterocycles. The molecule has 1 aromatic heterocycles. The van der Waals surface area contributed by atoms with E-state index in [9.17, 15) is 27.2 Å². The Kier molecular flexibility index (Phi) is 4.71. The van der Waals surface area contributed by atoms with Crippen LogP contribution in [0.5, 0.6) is 0 Å². The highest BCUT2D eigenvalue weighted by Crippen LogP contribution is 2.32. The first kappa shape index (κ1) is 17.2. The zero-order valence-corrected chi connectivity index (χ0v) is 11.8. The Morgan fingerprint density at radius 2 is 1.96 bits per heavy atom. The molecule has 4 N–H and O–H groups in total. The van der Waals surface area contributed by atoms with Crippen molar-refractivity contribution >= 4 is 17.6 Å². The van der Waals surface area contributed by atoms with Crippen LogP contribution in [0, 0.1) is 5.82 Å². The summed E-state index contributed by atoms with van der Waals surface area (Å²) in [5.74, 6) is -2.16. The summed E-state index contributed by atoms with van der Waals surface area (Å²) in [5, 5.41) is 7.71. The first-order valence-corrected chi connectivity index (χ1v) is 6.34. The Labute approximate surface area is 131 Å². The Balaban J connectivity index is 1.98. The quantitative estimate of drug-likeness (QED) is 0.738. The van der Waals surface area contributed by atoms with Gasteiger partial charge >= 0.3 is 12.2 Å². The molecule has 0 fully saturated rings. The molecule has 1 heterocycles. The molecule has 1 aromatic carbocycles. The highest BCUT2D eigenvalue weighted by molar-refractivity contribution is 5.91. The molecule has 24 heavy (non-hydrogen) atoms. The minimum atomic E-state index is -4.89. The lowest BCUT2D eigenvalue weighted by molar-refractivity contribution is -0.139. The summed E-state index contributed by atoms with van der Waals surface area (Å²) in [6.45, 7) is -0.195. The van der Waals surface area contributed by atoms with Gasteiger partial charge in [0.15, 0.2) is 11.5 Å². The first-order valence-electron chi connectivity index (χ1n) is 6.34. The van der Waals surface area contributed by atoms with E-state index in [0.717, 1.165) is 6.07 Å². The predicted octanol–water partition coefficient (Wildman–Crippen LogP) is 2.25. The lowest BCUT2D eigenvalue weighted by Crippen LogP contribution is -2.28. The van der Waals surface area contributed by atoms with Gasteiger partial charge in [-0.1, -0.05) is 5.16 Å². The second kappa shape index (κ2) is 6.56. The Morgan fingerprint density at radius 1 is 1.25 bits per heavy atom. The van der Waals surface area contributed by atoms with Gasteiger partial charge in [-0.2, -0.15) is 13.2 Å². The van der Waals surface area contributed by atoms with Gasteiger partial charge in [-0.15, -0.1) is 0 Å². The fourth-order valence-corrected chi connectivity index (χ4v) is 1.68. The maximum Gasteiger partial charge on any atom is 0.419 e. The van der Waals surface area contributed by atoms with Crippen LogP contribution in [0.2, 0.25) is 0 Å². The van der Waals surface area contributed by atoms with Gasteiger partial charge in [-0.05, 0) is 18.2 Å². The summed E-state index contributed by atoms with van der Waals surface area (Å²) < 4.78 is 55.6. The van der Waals surface area contributed by atoms with Crippen LogP contribution >= 0.6 is 0 Å². The molecule has 0 aliphatic heterocycles. The molecule has 11 heteroatoms. The number of nitrogens with one attached hydrogen (secondary N) is 2. The van der Waals surface area contributed by atoms with E-state index in [1.54, 1.807) is 0 Å². The molecule has 0 saturated carbocycles. The molecule has 2 aromatic rings. The van der Waals surface area contributed by atoms with E-state index in [0.29, 0.717) is 12.1 Å². The molecule has 0 aliphatic rings. The zero-order valence-electron chi connectivity index (χ0n) is 11.8. The number of amides is 3. The van der Waals surface area contributed by atoms with Gasteiger partial charge in [0.25, 0.3) is 5.91 Å². The van der Waals surface area contributed by atoms with Gasteiger partial charge in [0.2, 0.25) is 0 Å². The van der Waals surface area contributed by atoms with E-state index in [4.69, 9.17) is 10.3 Å². The van der Waals surface area contributed by atoms with Crippen LogP contribution in [0.4, 0.5) is 28.0 Å². The summed E-state index contributed by atoms with van der Waals surface area (Å²) in [6, 6.07) is 2.36. The van der Waals surface area contributed by atoms with Gasteiger partial charge in [0.1, 0.15) is 5.82 Å². The van der Waals surface area contributed by atoms with Crippen LogP contribution in [0.15, 0.2) is 28.8 Å². The number of carbonyl (C=O) groups is 2. The van der Waals surface area contributed by atoms with Gasteiger partial charge < -0.3 is 20.9 Å². The van der Waals surface area contributed by atoms with Crippen molar-refractivity contribution in [3.8, 4) is 0 Å². The third-order valence-electron chi connectivity index (χ3n) is 2.76. The molecule has 0 bridgehead atoms. The molecule has 0 spiro atoms. The van der Waals surface area contributed by atoms with Gasteiger partial charge in [0, 0.05) is 11.8 Å². The van der Waals surface area contributed by atoms with Crippen molar-refractivity contribution in [1.82, 2.24) is 10.5 Å². The first-order chi connectivity index (χ1) is 11.2. The number of hydrogen-bond donors (Lipinski definition) is 3. The van der Waals surface area contributed by atoms with Crippen molar-refractivity contribution < 1.29 is 31.7 Å². The minimum Gasteiger partial charge on any atom is -0.364 e. The molecule has 3 amide bonds. The summed E-state index contributed by atoms with van der Waals surface area (Å²) in [6.07, 6.45) is -4.89. The van der Waals surface area contributed by atoms with Crippen LogP contribution in [0.25, 0.3) is 0 Å². The van der Waals surface area contributed by atoms with E-state index in [-0.39, 0.29) is 23.7 Å². The van der Waals surface area contributed by atoms with Crippen LogP contribution in [-0.4, -0.2) is 17.1 Å². The topological polar surface area (TPSA) is 110 Å². The largest absolute Gasteiger partial charge is 0.419 e. The average molecular weight is 346 g/mol. The number of primary amides is 1. The highest BCUT2D eigenvalue weighted by atomic mass is 19.4. The minimum absolute atomic E-state index is 0.106. The number of rotatable bonds is 4. The van der Waals surface area contributed by atoms with Crippen molar-refractivity contribution in [3.05, 3.63) is 47.1 Å². The number of hydrogen-bond acceptors (Lipinski definition) is 4. The normalized spacial score (nSPS) is 11.2. The Hall–Kier alpha value is -3.11. The lowest BCUT2D eigenvalue weighted by Gasteiger charge is -2.11. The number of halogens is 4. The SMILES string of the molecule is NC(=O)c1cc(CNC(=O)Nc2ccc(F)c(C(F)(F)F)c2)on1. The van der Waals surface area contributed by atoms with E-state index in [1.165, 1.54) is 6.07 Å². The van der Waals surface area contributed by atoms with Gasteiger partial charge in [-0.25, -0.2) is 9.18 Å². The van der Waals surface area contributed by atoms with E-state index in [1.807, 2.05) is 0 Å². The molecule has 7 nitrogen and oxygen atoms in total. The standard InChI is InChI=1S/C13H10F4N4O3/c14-9-2-1-6(3-8(9)13(15,16)17)20-12(23)19-5-7-4-10(11(18)22)21-24-7/h1-4H,5H2,(H2,18,22)(H2,19,20,23). The summed E-state index contributed by atoms with van der Waals surface area (Å²) >= 11 is 0. The van der Waals surface area contributed by atoms with Crippen LogP contribution in [0.3, 0.4) is 0 Å². The molecule has 0 unspecified atom stereocenters. The van der Waals surface area contributed by atoms with Crippen molar-refractivity contribution in [2.45, 2.75) is 12.7 Å². The molecule has 0 aliphatic carbocycles. The third kappa shape index (κ3) is 4.21. The number of urea groups is 1. The second-order valence-electron chi connectivity index (χ2n) is 4.54. The van der Waals surface area contributed by atoms with Crippen LogP contribution in [0.1, 0.15) is 21.8 Å². The summed E-state index contributed by atoms with van der Waals surface area (Å²) in [5.41, 5.74) is 3.07. The highest BCUT2D eigenvalue weighted by Gasteiger charge is 2.34. The maximum absolute atomic E-state index is 13.1. The Morgan fingerprint density at radius 3 is 2.54 bits per heavy atom. The molecule has 128 valence electrons. The van der Waals surface area contributed by atoms with E-state index in [2.05, 4.69) is 15.8 Å². The lowest BCUT2D eigenvalue weighted by atomic mass is 10.2. The summed E-state index contributed by atoms with van der Waals surface area (Å²) in [4.78, 5) is 22.4. The number of nitrogens with two attached hydrogens (primary N) is 1. The molecular weight excluding hydrogens is 336 g/mol. The molecule has 0 radical (unpaired) electrons. The number of benzene rings is 1.